The Morgan fingerprint density at radius 3 is 2.07 bits per heavy atom. The maximum absolute atomic E-state index is 7.11. The number of benzene rings is 7. The maximum atomic E-state index is 7.11. The van der Waals surface area contributed by atoms with Gasteiger partial charge in [-0.25, -0.2) is 9.98 Å². The van der Waals surface area contributed by atoms with Gasteiger partial charge in [0.25, 0.3) is 0 Å². The number of rotatable bonds is 4. The predicted molar refractivity (Wildman–Crippen MR) is 191 cm³/mol. The number of amidine groups is 2. The molecule has 1 atom stereocenters. The molecule has 1 aliphatic heterocycles. The zero-order valence-corrected chi connectivity index (χ0v) is 25.4. The zero-order valence-electron chi connectivity index (χ0n) is 24.6. The number of furan rings is 1. The van der Waals surface area contributed by atoms with Gasteiger partial charge in [0.15, 0.2) is 5.84 Å². The number of aliphatic imine (C=N–C) groups is 2. The Hall–Kier alpha value is -5.71. The Morgan fingerprint density at radius 2 is 1.22 bits per heavy atom. The van der Waals surface area contributed by atoms with Crippen LogP contribution in [0.3, 0.4) is 0 Å². The van der Waals surface area contributed by atoms with E-state index >= 15 is 0 Å². The molecule has 0 amide bonds. The number of hydrogen-bond acceptors (Lipinski definition) is 4. The molecule has 7 aromatic carbocycles. The summed E-state index contributed by atoms with van der Waals surface area (Å²) in [7, 11) is 0. The minimum Gasteiger partial charge on any atom is -0.456 e. The summed E-state index contributed by atoms with van der Waals surface area (Å²) < 4.78 is 6.41. The topological polar surface area (TPSA) is 49.9 Å². The normalized spacial score (nSPS) is 14.8. The molecule has 0 radical (unpaired) electrons. The Kier molecular flexibility index (Phi) is 6.22. The van der Waals surface area contributed by atoms with E-state index in [9.17, 15) is 0 Å². The molecule has 0 spiro atoms. The third kappa shape index (κ3) is 4.54. The van der Waals surface area contributed by atoms with Gasteiger partial charge in [0, 0.05) is 32.5 Å². The second kappa shape index (κ2) is 10.7. The van der Waals surface area contributed by atoms with Crippen molar-refractivity contribution in [3.63, 3.8) is 0 Å². The first-order valence-corrected chi connectivity index (χ1v) is 15.7. The van der Waals surface area contributed by atoms with E-state index in [-0.39, 0.29) is 0 Å². The van der Waals surface area contributed by atoms with Crippen LogP contribution in [0.5, 0.6) is 0 Å². The number of fused-ring (bicyclic) bond motifs is 6. The van der Waals surface area contributed by atoms with Gasteiger partial charge >= 0.3 is 0 Å². The molecule has 1 N–H and O–H groups in total. The lowest BCUT2D eigenvalue weighted by Gasteiger charge is -2.24. The molecule has 1 unspecified atom stereocenters. The van der Waals surface area contributed by atoms with Crippen molar-refractivity contribution in [2.45, 2.75) is 6.17 Å². The van der Waals surface area contributed by atoms with E-state index in [0.29, 0.717) is 10.9 Å². The van der Waals surface area contributed by atoms with Gasteiger partial charge in [-0.15, -0.1) is 0 Å². The summed E-state index contributed by atoms with van der Waals surface area (Å²) in [4.78, 5) is 10.2. The molecule has 46 heavy (non-hydrogen) atoms. The maximum Gasteiger partial charge on any atom is 0.159 e. The highest BCUT2D eigenvalue weighted by Gasteiger charge is 2.25. The van der Waals surface area contributed by atoms with E-state index in [0.717, 1.165) is 66.2 Å². The van der Waals surface area contributed by atoms with Gasteiger partial charge in [0.2, 0.25) is 0 Å². The van der Waals surface area contributed by atoms with Crippen molar-refractivity contribution in [2.24, 2.45) is 9.98 Å². The molecule has 5 heteroatoms. The molecule has 8 aromatic rings. The smallest absolute Gasteiger partial charge is 0.159 e. The van der Waals surface area contributed by atoms with Gasteiger partial charge in [-0.3, -0.25) is 0 Å². The van der Waals surface area contributed by atoms with Crippen molar-refractivity contribution in [1.82, 2.24) is 5.32 Å². The highest BCUT2D eigenvalue weighted by molar-refractivity contribution is 6.33. The Labute approximate surface area is 270 Å². The second-order valence-electron chi connectivity index (χ2n) is 11.6. The summed E-state index contributed by atoms with van der Waals surface area (Å²) in [5.74, 6) is 1.37. The zero-order chi connectivity index (χ0) is 30.6. The molecule has 9 rings (SSSR count). The summed E-state index contributed by atoms with van der Waals surface area (Å²) >= 11 is 7.11. The fraction of sp³-hybridized carbons (Fsp3) is 0.0244. The van der Waals surface area contributed by atoms with Crippen LogP contribution in [0.4, 0.5) is 0 Å². The highest BCUT2D eigenvalue weighted by atomic mass is 35.5. The summed E-state index contributed by atoms with van der Waals surface area (Å²) in [5, 5.41) is 10.9. The molecule has 0 fully saturated rings. The van der Waals surface area contributed by atoms with E-state index in [1.165, 1.54) is 10.9 Å². The van der Waals surface area contributed by atoms with Crippen LogP contribution in [-0.2, 0) is 0 Å². The molecule has 4 nitrogen and oxygen atoms in total. The Balaban J connectivity index is 1.17. The summed E-state index contributed by atoms with van der Waals surface area (Å²) in [6.45, 7) is 0. The minimum absolute atomic E-state index is 0.482. The number of nitrogens with one attached hydrogen (secondary N) is 1. The fourth-order valence-corrected chi connectivity index (χ4v) is 6.72. The van der Waals surface area contributed by atoms with Crippen molar-refractivity contribution in [3.05, 3.63) is 167 Å². The SMILES string of the molecule is Clc1cc2c(cc1C1N=C(c3ccc4ccccc4c3)N=C(c3ccc(-c4ccccc4)cc3)N1)oc1ccc3ccccc3c12. The first-order chi connectivity index (χ1) is 22.7. The molecule has 0 aliphatic carbocycles. The van der Waals surface area contributed by atoms with Crippen molar-refractivity contribution in [2.75, 3.05) is 0 Å². The second-order valence-corrected chi connectivity index (χ2v) is 12.0. The van der Waals surface area contributed by atoms with E-state index in [1.54, 1.807) is 0 Å². The van der Waals surface area contributed by atoms with Crippen LogP contribution in [0.1, 0.15) is 22.9 Å². The molecule has 0 bridgehead atoms. The van der Waals surface area contributed by atoms with E-state index < -0.39 is 6.17 Å². The largest absolute Gasteiger partial charge is 0.456 e. The third-order valence-corrected chi connectivity index (χ3v) is 9.12. The molecule has 0 saturated heterocycles. The number of halogens is 1. The van der Waals surface area contributed by atoms with Crippen LogP contribution in [0.2, 0.25) is 5.02 Å². The Morgan fingerprint density at radius 1 is 0.543 bits per heavy atom. The van der Waals surface area contributed by atoms with Gasteiger partial charge in [-0.1, -0.05) is 133 Å². The fourth-order valence-electron chi connectivity index (χ4n) is 6.46. The van der Waals surface area contributed by atoms with Gasteiger partial charge in [-0.05, 0) is 56.9 Å². The monoisotopic (exact) mass is 611 g/mol. The van der Waals surface area contributed by atoms with Gasteiger partial charge in [-0.2, -0.15) is 0 Å². The van der Waals surface area contributed by atoms with Gasteiger partial charge in [0.05, 0.1) is 0 Å². The van der Waals surface area contributed by atoms with Crippen molar-refractivity contribution in [3.8, 4) is 11.1 Å². The van der Waals surface area contributed by atoms with Crippen LogP contribution in [0.15, 0.2) is 160 Å². The molecular weight excluding hydrogens is 586 g/mol. The minimum atomic E-state index is -0.482. The Bertz CT molecular complexity index is 2510. The van der Waals surface area contributed by atoms with Crippen molar-refractivity contribution >= 4 is 66.8 Å². The molecule has 0 saturated carbocycles. The molecular formula is C41H26ClN3O. The van der Waals surface area contributed by atoms with Crippen molar-refractivity contribution < 1.29 is 4.42 Å². The molecule has 1 aromatic heterocycles. The van der Waals surface area contributed by atoms with Crippen LogP contribution in [0, 0.1) is 0 Å². The average molecular weight is 612 g/mol. The number of nitrogens with zero attached hydrogens (tertiary/aromatic N) is 2. The van der Waals surface area contributed by atoms with E-state index in [2.05, 4.69) is 121 Å². The third-order valence-electron chi connectivity index (χ3n) is 8.79. The van der Waals surface area contributed by atoms with Crippen molar-refractivity contribution in [1.29, 1.82) is 0 Å². The summed E-state index contributed by atoms with van der Waals surface area (Å²) in [5.41, 5.74) is 6.64. The summed E-state index contributed by atoms with van der Waals surface area (Å²) in [6.07, 6.45) is -0.482. The first-order valence-electron chi connectivity index (χ1n) is 15.3. The van der Waals surface area contributed by atoms with Gasteiger partial charge in [0.1, 0.15) is 23.2 Å². The standard InChI is InChI=1S/C41H26ClN3O/c42-35-23-34-37(46-36-21-20-28-11-6-7-13-32(28)38(34)36)24-33(35)41-44-39(29-17-14-27(15-18-29)25-8-2-1-3-9-25)43-40(45-41)31-19-16-26-10-4-5-12-30(26)22-31/h1-24,41H,(H,43,44,45). The van der Waals surface area contributed by atoms with Crippen LogP contribution >= 0.6 is 11.6 Å². The lowest BCUT2D eigenvalue weighted by Crippen LogP contribution is -2.33. The van der Waals surface area contributed by atoms with E-state index in [4.69, 9.17) is 26.0 Å². The molecule has 1 aliphatic rings. The van der Waals surface area contributed by atoms with Crippen LogP contribution in [-0.4, -0.2) is 11.7 Å². The lowest BCUT2D eigenvalue weighted by molar-refractivity contribution is 0.655. The highest BCUT2D eigenvalue weighted by Crippen LogP contribution is 2.39. The van der Waals surface area contributed by atoms with E-state index in [1.807, 2.05) is 30.3 Å². The summed E-state index contributed by atoms with van der Waals surface area (Å²) in [6, 6.07) is 50.0. The van der Waals surface area contributed by atoms with Crippen LogP contribution < -0.4 is 5.32 Å². The lowest BCUT2D eigenvalue weighted by atomic mass is 10.0. The quantitative estimate of drug-likeness (QED) is 0.215. The molecule has 2 heterocycles. The predicted octanol–water partition coefficient (Wildman–Crippen LogP) is 10.7. The van der Waals surface area contributed by atoms with Gasteiger partial charge < -0.3 is 9.73 Å². The average Bonchev–Trinajstić information content (AvgIpc) is 3.49. The number of hydrogen-bond donors (Lipinski definition) is 1. The van der Waals surface area contributed by atoms with Crippen LogP contribution in [0.25, 0.3) is 54.6 Å². The molecule has 218 valence electrons. The first kappa shape index (κ1) is 26.7.